The van der Waals surface area contributed by atoms with Gasteiger partial charge in [-0.3, -0.25) is 4.79 Å². The quantitative estimate of drug-likeness (QED) is 0.245. The standard InChI is InChI=1S/C40H50O3/c1-28(17-13-19-30(3)21-23-35-32(5)25-34(41)26-39(35,7)8)15-11-12-16-29(2)18-14-20-31(4)22-24-36-33(6)38(43)37(42)27-40(36,9)10/h11-20,34,37,41-42H,25-27H2,1-10H3/b12-11+,17-13+,18-14+,28-15+,29-16+,30-19+,31-20+/t34-,37+/m1/s1. The molecule has 0 saturated heterocycles. The maximum Gasteiger partial charge on any atom is 0.187 e. The van der Waals surface area contributed by atoms with Crippen LogP contribution in [0, 0.1) is 34.5 Å². The highest BCUT2D eigenvalue weighted by Crippen LogP contribution is 2.40. The fraction of sp³-hybridized carbons (Fsp3) is 0.425. The van der Waals surface area contributed by atoms with Crippen LogP contribution in [0.3, 0.4) is 0 Å². The van der Waals surface area contributed by atoms with E-state index in [4.69, 9.17) is 0 Å². The van der Waals surface area contributed by atoms with Gasteiger partial charge in [-0.05, 0) is 72.0 Å². The van der Waals surface area contributed by atoms with Crippen molar-refractivity contribution >= 4 is 5.78 Å². The molecule has 0 amide bonds. The number of Topliss-reactive ketones (excluding diaryl/α,β-unsaturated/α-hetero) is 1. The lowest BCUT2D eigenvalue weighted by molar-refractivity contribution is -0.125. The maximum atomic E-state index is 12.2. The van der Waals surface area contributed by atoms with Crippen LogP contribution in [0.2, 0.25) is 0 Å². The van der Waals surface area contributed by atoms with Gasteiger partial charge in [0.25, 0.3) is 0 Å². The first kappa shape index (κ1) is 35.6. The van der Waals surface area contributed by atoms with E-state index in [9.17, 15) is 15.0 Å². The Morgan fingerprint density at radius 3 is 1.67 bits per heavy atom. The SMILES string of the molecule is CC1=C(C#C/C(C)=C/C=C/C(C)=C/C=C/C=C(C)/C=C/C=C(\C)C#CC2=C(C)C(=O)[C@@H](O)CC2(C)C)C(C)(C)C[C@H](O)C1. The van der Waals surface area contributed by atoms with E-state index in [2.05, 4.69) is 69.6 Å². The molecule has 0 heterocycles. The Kier molecular flexibility index (Phi) is 13.0. The summed E-state index contributed by atoms with van der Waals surface area (Å²) in [5, 5.41) is 20.1. The summed E-state index contributed by atoms with van der Waals surface area (Å²) < 4.78 is 0. The van der Waals surface area contributed by atoms with E-state index in [0.29, 0.717) is 18.4 Å². The summed E-state index contributed by atoms with van der Waals surface area (Å²) in [6.45, 7) is 20.3. The van der Waals surface area contributed by atoms with Gasteiger partial charge in [0, 0.05) is 27.5 Å². The van der Waals surface area contributed by atoms with Gasteiger partial charge in [0.2, 0.25) is 0 Å². The van der Waals surface area contributed by atoms with Crippen molar-refractivity contribution in [2.45, 2.75) is 101 Å². The fourth-order valence-electron chi connectivity index (χ4n) is 5.51. The molecule has 2 N–H and O–H groups in total. The molecular weight excluding hydrogens is 528 g/mol. The van der Waals surface area contributed by atoms with Crippen LogP contribution in [0.1, 0.15) is 88.5 Å². The molecule has 43 heavy (non-hydrogen) atoms. The average molecular weight is 579 g/mol. The van der Waals surface area contributed by atoms with Crippen LogP contribution in [0.15, 0.2) is 105 Å². The Morgan fingerprint density at radius 2 is 1.19 bits per heavy atom. The number of hydrogen-bond acceptors (Lipinski definition) is 3. The van der Waals surface area contributed by atoms with Crippen LogP contribution < -0.4 is 0 Å². The van der Waals surface area contributed by atoms with Crippen molar-refractivity contribution < 1.29 is 15.0 Å². The molecule has 3 nitrogen and oxygen atoms in total. The summed E-state index contributed by atoms with van der Waals surface area (Å²) in [5.74, 6) is 12.8. The second-order valence-corrected chi connectivity index (χ2v) is 13.2. The topological polar surface area (TPSA) is 57.5 Å². The molecule has 0 aromatic heterocycles. The van der Waals surface area contributed by atoms with Crippen molar-refractivity contribution in [3.8, 4) is 23.7 Å². The molecule has 2 aliphatic carbocycles. The van der Waals surface area contributed by atoms with Crippen molar-refractivity contribution in [1.29, 1.82) is 0 Å². The second-order valence-electron chi connectivity index (χ2n) is 13.2. The van der Waals surface area contributed by atoms with Crippen LogP contribution in [0.4, 0.5) is 0 Å². The average Bonchev–Trinajstić information content (AvgIpc) is 2.88. The first-order chi connectivity index (χ1) is 20.0. The number of hydrogen-bond donors (Lipinski definition) is 2. The third kappa shape index (κ3) is 11.2. The lowest BCUT2D eigenvalue weighted by atomic mass is 9.71. The Hall–Kier alpha value is -3.63. The summed E-state index contributed by atoms with van der Waals surface area (Å²) in [7, 11) is 0. The van der Waals surface area contributed by atoms with Crippen molar-refractivity contribution in [3.63, 3.8) is 0 Å². The molecule has 0 spiro atoms. The maximum absolute atomic E-state index is 12.2. The van der Waals surface area contributed by atoms with Gasteiger partial charge < -0.3 is 10.2 Å². The van der Waals surface area contributed by atoms with Gasteiger partial charge in [-0.2, -0.15) is 0 Å². The highest BCUT2D eigenvalue weighted by atomic mass is 16.3. The normalized spacial score (nSPS) is 23.7. The number of aliphatic hydroxyl groups is 2. The predicted molar refractivity (Wildman–Crippen MR) is 182 cm³/mol. The molecule has 0 unspecified atom stereocenters. The first-order valence-electron chi connectivity index (χ1n) is 15.1. The van der Waals surface area contributed by atoms with Gasteiger partial charge >= 0.3 is 0 Å². The number of carbonyl (C=O) groups excluding carboxylic acids is 1. The molecule has 0 aromatic rings. The van der Waals surface area contributed by atoms with E-state index in [1.54, 1.807) is 6.92 Å². The summed E-state index contributed by atoms with van der Waals surface area (Å²) in [6, 6.07) is 0. The number of ketones is 1. The predicted octanol–water partition coefficient (Wildman–Crippen LogP) is 8.62. The Labute approximate surface area is 261 Å². The minimum Gasteiger partial charge on any atom is -0.393 e. The fourth-order valence-corrected chi connectivity index (χ4v) is 5.51. The number of carbonyl (C=O) groups is 1. The number of allylic oxidation sites excluding steroid dienone is 16. The third-order valence-corrected chi connectivity index (χ3v) is 7.83. The molecule has 3 heteroatoms. The van der Waals surface area contributed by atoms with Gasteiger partial charge in [-0.1, -0.05) is 129 Å². The third-order valence-electron chi connectivity index (χ3n) is 7.83. The molecule has 228 valence electrons. The number of rotatable bonds is 6. The molecule has 2 atom stereocenters. The molecule has 2 aliphatic rings. The molecule has 0 aromatic carbocycles. The zero-order chi connectivity index (χ0) is 32.4. The summed E-state index contributed by atoms with van der Waals surface area (Å²) >= 11 is 0. The van der Waals surface area contributed by atoms with Crippen molar-refractivity contribution in [2.24, 2.45) is 10.8 Å². The molecule has 0 aliphatic heterocycles. The molecule has 0 fully saturated rings. The van der Waals surface area contributed by atoms with Gasteiger partial charge in [-0.15, -0.1) is 0 Å². The van der Waals surface area contributed by atoms with Gasteiger partial charge in [0.15, 0.2) is 5.78 Å². The van der Waals surface area contributed by atoms with Crippen LogP contribution in [0.25, 0.3) is 0 Å². The van der Waals surface area contributed by atoms with Gasteiger partial charge in [0.05, 0.1) is 6.10 Å². The van der Waals surface area contributed by atoms with E-state index in [1.165, 1.54) is 5.57 Å². The zero-order valence-electron chi connectivity index (χ0n) is 27.9. The molecule has 0 saturated carbocycles. The smallest absolute Gasteiger partial charge is 0.187 e. The van der Waals surface area contributed by atoms with Crippen molar-refractivity contribution in [1.82, 2.24) is 0 Å². The monoisotopic (exact) mass is 578 g/mol. The van der Waals surface area contributed by atoms with Crippen molar-refractivity contribution in [2.75, 3.05) is 0 Å². The van der Waals surface area contributed by atoms with Crippen LogP contribution in [0.5, 0.6) is 0 Å². The highest BCUT2D eigenvalue weighted by Gasteiger charge is 2.37. The van der Waals surface area contributed by atoms with E-state index < -0.39 is 6.10 Å². The Morgan fingerprint density at radius 1 is 0.721 bits per heavy atom. The zero-order valence-corrected chi connectivity index (χ0v) is 27.9. The molecule has 0 radical (unpaired) electrons. The second kappa shape index (κ2) is 15.7. The van der Waals surface area contributed by atoms with Crippen LogP contribution in [-0.2, 0) is 4.79 Å². The summed E-state index contributed by atoms with van der Waals surface area (Å²) in [5.41, 5.74) is 7.45. The largest absolute Gasteiger partial charge is 0.393 e. The van der Waals surface area contributed by atoms with Crippen LogP contribution >= 0.6 is 0 Å². The lowest BCUT2D eigenvalue weighted by Crippen LogP contribution is -2.35. The summed E-state index contributed by atoms with van der Waals surface area (Å²) in [4.78, 5) is 12.2. The first-order valence-corrected chi connectivity index (χ1v) is 15.1. The van der Waals surface area contributed by atoms with Crippen molar-refractivity contribution in [3.05, 3.63) is 105 Å². The van der Waals surface area contributed by atoms with E-state index in [1.807, 2.05) is 77.2 Å². The number of aliphatic hydroxyl groups excluding tert-OH is 2. The Bertz CT molecular complexity index is 1480. The van der Waals surface area contributed by atoms with Gasteiger partial charge in [-0.25, -0.2) is 0 Å². The van der Waals surface area contributed by atoms with Crippen LogP contribution in [-0.4, -0.2) is 28.2 Å². The minimum absolute atomic E-state index is 0.0943. The molecular formula is C40H50O3. The van der Waals surface area contributed by atoms with E-state index >= 15 is 0 Å². The highest BCUT2D eigenvalue weighted by molar-refractivity contribution is 6.00. The minimum atomic E-state index is -0.934. The van der Waals surface area contributed by atoms with E-state index in [0.717, 1.165) is 39.9 Å². The van der Waals surface area contributed by atoms with E-state index in [-0.39, 0.29) is 22.7 Å². The molecule has 0 bridgehead atoms. The lowest BCUT2D eigenvalue weighted by Gasteiger charge is -2.34. The summed E-state index contributed by atoms with van der Waals surface area (Å²) in [6.07, 6.45) is 20.9. The molecule has 2 rings (SSSR count). The Balaban J connectivity index is 1.96. The van der Waals surface area contributed by atoms with Gasteiger partial charge in [0.1, 0.15) is 6.10 Å².